The van der Waals surface area contributed by atoms with E-state index in [0.29, 0.717) is 6.42 Å². The third-order valence-electron chi connectivity index (χ3n) is 4.32. The first-order valence-corrected chi connectivity index (χ1v) is 8.45. The standard InChI is InChI=1S/C18H20F3N3O4/c1-3-13(16(27)11-4-6-12(7-5-11)18(19,20)21)22-14(25)10-24-9-8-15(26)23(2)17(24)28/h4-9,13,16,27H,3,10H2,1-2H3,(H,22,25)/t13-,16-/m0/s1. The monoisotopic (exact) mass is 399 g/mol. The number of alkyl halides is 3. The number of halogens is 3. The van der Waals surface area contributed by atoms with E-state index in [-0.39, 0.29) is 12.1 Å². The van der Waals surface area contributed by atoms with Gasteiger partial charge in [0.2, 0.25) is 5.91 Å². The van der Waals surface area contributed by atoms with Crippen molar-refractivity contribution in [2.45, 2.75) is 38.2 Å². The van der Waals surface area contributed by atoms with Gasteiger partial charge in [-0.3, -0.25) is 18.7 Å². The molecule has 7 nitrogen and oxygen atoms in total. The molecule has 2 atom stereocenters. The van der Waals surface area contributed by atoms with Gasteiger partial charge in [0.15, 0.2) is 0 Å². The first kappa shape index (κ1) is 21.4. The SMILES string of the molecule is CC[C@H](NC(=O)Cn1ccc(=O)n(C)c1=O)[C@@H](O)c1ccc(C(F)(F)F)cc1. The third-order valence-corrected chi connectivity index (χ3v) is 4.32. The number of amides is 1. The molecule has 0 saturated carbocycles. The second-order valence-corrected chi connectivity index (χ2v) is 6.27. The molecule has 0 aliphatic rings. The molecule has 0 aliphatic heterocycles. The van der Waals surface area contributed by atoms with Gasteiger partial charge in [-0.15, -0.1) is 0 Å². The average Bonchev–Trinajstić information content (AvgIpc) is 2.65. The lowest BCUT2D eigenvalue weighted by Crippen LogP contribution is -2.44. The Hall–Kier alpha value is -2.88. The largest absolute Gasteiger partial charge is 0.416 e. The van der Waals surface area contributed by atoms with Gasteiger partial charge in [-0.25, -0.2) is 4.79 Å². The lowest BCUT2D eigenvalue weighted by molar-refractivity contribution is -0.137. The summed E-state index contributed by atoms with van der Waals surface area (Å²) in [5.74, 6) is -0.585. The van der Waals surface area contributed by atoms with Gasteiger partial charge in [-0.05, 0) is 24.1 Å². The fourth-order valence-electron chi connectivity index (χ4n) is 2.65. The first-order chi connectivity index (χ1) is 13.0. The summed E-state index contributed by atoms with van der Waals surface area (Å²) in [6.45, 7) is 1.32. The van der Waals surface area contributed by atoms with Gasteiger partial charge in [-0.2, -0.15) is 13.2 Å². The van der Waals surface area contributed by atoms with E-state index in [9.17, 15) is 32.7 Å². The Morgan fingerprint density at radius 2 is 1.79 bits per heavy atom. The minimum atomic E-state index is -4.48. The van der Waals surface area contributed by atoms with Gasteiger partial charge < -0.3 is 10.4 Å². The molecule has 10 heteroatoms. The Kier molecular flexibility index (Phi) is 6.45. The lowest BCUT2D eigenvalue weighted by atomic mass is 9.99. The summed E-state index contributed by atoms with van der Waals surface area (Å²) in [5, 5.41) is 13.0. The maximum atomic E-state index is 12.6. The van der Waals surface area contributed by atoms with Crippen LogP contribution in [0.25, 0.3) is 0 Å². The minimum Gasteiger partial charge on any atom is -0.386 e. The van der Waals surface area contributed by atoms with Crippen LogP contribution in [0, 0.1) is 0 Å². The summed E-state index contributed by atoms with van der Waals surface area (Å²) in [6.07, 6.45) is -4.22. The molecule has 152 valence electrons. The van der Waals surface area contributed by atoms with E-state index in [0.717, 1.165) is 39.5 Å². The molecule has 1 aromatic carbocycles. The van der Waals surface area contributed by atoms with Gasteiger partial charge in [0.25, 0.3) is 5.56 Å². The molecule has 2 aromatic rings. The van der Waals surface area contributed by atoms with Crippen molar-refractivity contribution >= 4 is 5.91 Å². The van der Waals surface area contributed by atoms with Crippen LogP contribution in [0.4, 0.5) is 13.2 Å². The van der Waals surface area contributed by atoms with E-state index in [1.54, 1.807) is 6.92 Å². The highest BCUT2D eigenvalue weighted by Gasteiger charge is 2.30. The zero-order valence-electron chi connectivity index (χ0n) is 15.2. The summed E-state index contributed by atoms with van der Waals surface area (Å²) in [4.78, 5) is 35.6. The van der Waals surface area contributed by atoms with Crippen molar-refractivity contribution in [1.82, 2.24) is 14.5 Å². The number of rotatable bonds is 6. The van der Waals surface area contributed by atoms with E-state index in [4.69, 9.17) is 0 Å². The van der Waals surface area contributed by atoms with Crippen LogP contribution in [-0.4, -0.2) is 26.2 Å². The maximum Gasteiger partial charge on any atom is 0.416 e. The van der Waals surface area contributed by atoms with Crippen LogP contribution in [0.5, 0.6) is 0 Å². The van der Waals surface area contributed by atoms with E-state index in [1.807, 2.05) is 0 Å². The average molecular weight is 399 g/mol. The molecule has 0 radical (unpaired) electrons. The molecule has 1 amide bonds. The fourth-order valence-corrected chi connectivity index (χ4v) is 2.65. The summed E-state index contributed by atoms with van der Waals surface area (Å²) < 4.78 is 39.8. The van der Waals surface area contributed by atoms with Crippen molar-refractivity contribution in [3.05, 3.63) is 68.5 Å². The molecule has 2 rings (SSSR count). The number of carbonyl (C=O) groups excluding carboxylic acids is 1. The molecule has 0 aliphatic carbocycles. The Morgan fingerprint density at radius 1 is 1.18 bits per heavy atom. The van der Waals surface area contributed by atoms with Gasteiger partial charge in [0.05, 0.1) is 17.7 Å². The summed E-state index contributed by atoms with van der Waals surface area (Å²) in [7, 11) is 1.28. The number of aliphatic hydroxyl groups excluding tert-OH is 1. The minimum absolute atomic E-state index is 0.222. The number of hydrogen-bond donors (Lipinski definition) is 2. The maximum absolute atomic E-state index is 12.6. The van der Waals surface area contributed by atoms with Gasteiger partial charge >= 0.3 is 11.9 Å². The topological polar surface area (TPSA) is 93.3 Å². The van der Waals surface area contributed by atoms with Crippen molar-refractivity contribution in [1.29, 1.82) is 0 Å². The Labute approximate surface area is 158 Å². The number of aliphatic hydroxyl groups is 1. The number of nitrogens with zero attached hydrogens (tertiary/aromatic N) is 2. The molecule has 0 bridgehead atoms. The Bertz CT molecular complexity index is 948. The van der Waals surface area contributed by atoms with Crippen LogP contribution in [0.1, 0.15) is 30.6 Å². The molecule has 28 heavy (non-hydrogen) atoms. The van der Waals surface area contributed by atoms with Gasteiger partial charge in [0.1, 0.15) is 6.54 Å². The van der Waals surface area contributed by atoms with Crippen molar-refractivity contribution in [3.63, 3.8) is 0 Å². The van der Waals surface area contributed by atoms with E-state index >= 15 is 0 Å². The normalized spacial score (nSPS) is 13.8. The van der Waals surface area contributed by atoms with Crippen LogP contribution in [0.2, 0.25) is 0 Å². The van der Waals surface area contributed by atoms with E-state index in [2.05, 4.69) is 5.32 Å². The fraction of sp³-hybridized carbons (Fsp3) is 0.389. The second kappa shape index (κ2) is 8.42. The van der Waals surface area contributed by atoms with Crippen molar-refractivity contribution < 1.29 is 23.1 Å². The summed E-state index contributed by atoms with van der Waals surface area (Å²) >= 11 is 0. The smallest absolute Gasteiger partial charge is 0.386 e. The van der Waals surface area contributed by atoms with Gasteiger partial charge in [-0.1, -0.05) is 19.1 Å². The third kappa shape index (κ3) is 4.89. The highest BCUT2D eigenvalue weighted by atomic mass is 19.4. The van der Waals surface area contributed by atoms with Gasteiger partial charge in [0, 0.05) is 19.3 Å². The molecule has 2 N–H and O–H groups in total. The van der Waals surface area contributed by atoms with Crippen molar-refractivity contribution in [2.75, 3.05) is 0 Å². The predicted molar refractivity (Wildman–Crippen MR) is 94.6 cm³/mol. The summed E-state index contributed by atoms with van der Waals surface area (Å²) in [6, 6.07) is 4.39. The quantitative estimate of drug-likeness (QED) is 0.763. The zero-order valence-corrected chi connectivity index (χ0v) is 15.2. The molecular weight excluding hydrogens is 379 g/mol. The molecule has 0 spiro atoms. The Morgan fingerprint density at radius 3 is 2.32 bits per heavy atom. The summed E-state index contributed by atoms with van der Waals surface area (Å²) in [5.41, 5.74) is -1.79. The number of aromatic nitrogens is 2. The molecule has 0 saturated heterocycles. The Balaban J connectivity index is 2.10. The first-order valence-electron chi connectivity index (χ1n) is 8.45. The van der Waals surface area contributed by atoms with Crippen LogP contribution in [0.3, 0.4) is 0 Å². The number of hydrogen-bond acceptors (Lipinski definition) is 4. The number of benzene rings is 1. The lowest BCUT2D eigenvalue weighted by Gasteiger charge is -2.24. The highest BCUT2D eigenvalue weighted by molar-refractivity contribution is 5.76. The van der Waals surface area contributed by atoms with E-state index in [1.165, 1.54) is 13.2 Å². The molecule has 0 unspecified atom stereocenters. The van der Waals surface area contributed by atoms with Crippen LogP contribution in [-0.2, 0) is 24.6 Å². The van der Waals surface area contributed by atoms with E-state index < -0.39 is 41.0 Å². The number of nitrogens with one attached hydrogen (secondary N) is 1. The number of carbonyl (C=O) groups is 1. The molecule has 1 aromatic heterocycles. The predicted octanol–water partition coefficient (Wildman–Crippen LogP) is 1.19. The zero-order chi connectivity index (χ0) is 21.1. The van der Waals surface area contributed by atoms with Crippen molar-refractivity contribution in [2.24, 2.45) is 7.05 Å². The van der Waals surface area contributed by atoms with Crippen LogP contribution >= 0.6 is 0 Å². The molecule has 0 fully saturated rings. The van der Waals surface area contributed by atoms with Crippen molar-refractivity contribution in [3.8, 4) is 0 Å². The molecular formula is C18H20F3N3O4. The molecule has 1 heterocycles. The van der Waals surface area contributed by atoms with Crippen LogP contribution in [0.15, 0.2) is 46.1 Å². The second-order valence-electron chi connectivity index (χ2n) is 6.27. The highest BCUT2D eigenvalue weighted by Crippen LogP contribution is 2.30. The van der Waals surface area contributed by atoms with Crippen LogP contribution < -0.4 is 16.6 Å².